The quantitative estimate of drug-likeness (QED) is 0.409. The van der Waals surface area contributed by atoms with Crippen molar-refractivity contribution in [1.29, 1.82) is 0 Å². The fraction of sp³-hybridized carbons (Fsp3) is 0. The van der Waals surface area contributed by atoms with E-state index in [1.165, 1.54) is 0 Å². The predicted octanol–water partition coefficient (Wildman–Crippen LogP) is -1.18. The molecule has 0 spiro atoms. The SMILES string of the molecule is O.[OH-].[OH-].[Ru+2]. The van der Waals surface area contributed by atoms with Gasteiger partial charge in [0.05, 0.1) is 0 Å². The van der Waals surface area contributed by atoms with Crippen LogP contribution in [0, 0.1) is 0 Å². The maximum atomic E-state index is 0. The first-order chi connectivity index (χ1) is 0. The van der Waals surface area contributed by atoms with E-state index in [0.717, 1.165) is 0 Å². The molecule has 0 aliphatic rings. The minimum absolute atomic E-state index is 0. The second kappa shape index (κ2) is 86.6. The summed E-state index contributed by atoms with van der Waals surface area (Å²) in [5.74, 6) is 0. The van der Waals surface area contributed by atoms with Crippen LogP contribution in [-0.4, -0.2) is 16.4 Å². The van der Waals surface area contributed by atoms with Gasteiger partial charge in [-0.05, 0) is 0 Å². The summed E-state index contributed by atoms with van der Waals surface area (Å²) in [6, 6.07) is 0. The van der Waals surface area contributed by atoms with Crippen molar-refractivity contribution < 1.29 is 35.9 Å². The first-order valence-corrected chi connectivity index (χ1v) is 0. The van der Waals surface area contributed by atoms with E-state index < -0.39 is 0 Å². The Morgan fingerprint density at radius 1 is 0.750 bits per heavy atom. The predicted molar refractivity (Wildman–Crippen MR) is 7.49 cm³/mol. The van der Waals surface area contributed by atoms with E-state index in [-0.39, 0.29) is 35.9 Å². The van der Waals surface area contributed by atoms with Crippen LogP contribution in [0.25, 0.3) is 0 Å². The van der Waals surface area contributed by atoms with E-state index in [0.29, 0.717) is 0 Å². The van der Waals surface area contributed by atoms with Crippen molar-refractivity contribution in [3.05, 3.63) is 0 Å². The van der Waals surface area contributed by atoms with E-state index >= 15 is 0 Å². The van der Waals surface area contributed by atoms with Crippen LogP contribution in [0.1, 0.15) is 0 Å². The summed E-state index contributed by atoms with van der Waals surface area (Å²) < 4.78 is 0. The van der Waals surface area contributed by atoms with Crippen molar-refractivity contribution in [3.63, 3.8) is 0 Å². The molecule has 4 heteroatoms. The fourth-order valence-electron chi connectivity index (χ4n) is 0. The smallest absolute Gasteiger partial charge is 0.870 e. The molecular weight excluding hydrogens is 149 g/mol. The maximum absolute atomic E-state index is 0. The Hall–Kier alpha value is 0.503. The molecule has 0 aromatic rings. The molecule has 0 radical (unpaired) electrons. The molecule has 0 aliphatic heterocycles. The van der Waals surface area contributed by atoms with Crippen molar-refractivity contribution in [2.24, 2.45) is 0 Å². The molecule has 0 unspecified atom stereocenters. The molecular formula is H4O3Ru. The van der Waals surface area contributed by atoms with Gasteiger partial charge in [0, 0.05) is 0 Å². The molecule has 0 amide bonds. The average molecular weight is 153 g/mol. The van der Waals surface area contributed by atoms with Crippen LogP contribution in [0.4, 0.5) is 0 Å². The van der Waals surface area contributed by atoms with Crippen LogP contribution < -0.4 is 0 Å². The van der Waals surface area contributed by atoms with Crippen LogP contribution in [-0.2, 0) is 19.5 Å². The summed E-state index contributed by atoms with van der Waals surface area (Å²) in [5.41, 5.74) is 0. The first kappa shape index (κ1) is 218. The van der Waals surface area contributed by atoms with Gasteiger partial charge in [-0.25, -0.2) is 0 Å². The molecule has 0 rings (SSSR count). The van der Waals surface area contributed by atoms with Gasteiger partial charge in [-0.3, -0.25) is 0 Å². The maximum Gasteiger partial charge on any atom is 2.00 e. The Balaban J connectivity index is 0. The zero-order chi connectivity index (χ0) is 0. The molecule has 0 saturated carbocycles. The minimum Gasteiger partial charge on any atom is -0.870 e. The summed E-state index contributed by atoms with van der Waals surface area (Å²) in [5, 5.41) is 0. The van der Waals surface area contributed by atoms with E-state index in [4.69, 9.17) is 0 Å². The molecule has 0 heterocycles. The third kappa shape index (κ3) is 22.3. The van der Waals surface area contributed by atoms with Crippen molar-refractivity contribution >= 4 is 0 Å². The third-order valence-electron chi connectivity index (χ3n) is 0. The van der Waals surface area contributed by atoms with Crippen molar-refractivity contribution in [2.75, 3.05) is 0 Å². The van der Waals surface area contributed by atoms with Gasteiger partial charge < -0.3 is 16.4 Å². The molecule has 0 bridgehead atoms. The Morgan fingerprint density at radius 3 is 0.750 bits per heavy atom. The van der Waals surface area contributed by atoms with Gasteiger partial charge in [0.1, 0.15) is 0 Å². The zero-order valence-electron chi connectivity index (χ0n) is 1.75. The van der Waals surface area contributed by atoms with Gasteiger partial charge in [0.2, 0.25) is 0 Å². The summed E-state index contributed by atoms with van der Waals surface area (Å²) >= 11 is 0. The Bertz CT molecular complexity index is 3.25. The molecule has 3 nitrogen and oxygen atoms in total. The van der Waals surface area contributed by atoms with E-state index in [1.807, 2.05) is 0 Å². The van der Waals surface area contributed by atoms with E-state index in [1.54, 1.807) is 0 Å². The van der Waals surface area contributed by atoms with E-state index in [2.05, 4.69) is 0 Å². The summed E-state index contributed by atoms with van der Waals surface area (Å²) in [4.78, 5) is 0. The van der Waals surface area contributed by atoms with Gasteiger partial charge in [0.25, 0.3) is 0 Å². The van der Waals surface area contributed by atoms with Crippen molar-refractivity contribution in [3.8, 4) is 0 Å². The molecule has 0 saturated heterocycles. The molecule has 30 valence electrons. The van der Waals surface area contributed by atoms with Crippen molar-refractivity contribution in [2.45, 2.75) is 0 Å². The second-order valence-electron chi connectivity index (χ2n) is 0. The van der Waals surface area contributed by atoms with Crippen LogP contribution in [0.5, 0.6) is 0 Å². The van der Waals surface area contributed by atoms with Gasteiger partial charge in [-0.1, -0.05) is 0 Å². The monoisotopic (exact) mass is 154 g/mol. The third-order valence-corrected chi connectivity index (χ3v) is 0. The van der Waals surface area contributed by atoms with Crippen LogP contribution in [0.2, 0.25) is 0 Å². The number of hydrogen-bond acceptors (Lipinski definition) is 2. The van der Waals surface area contributed by atoms with Crippen LogP contribution in [0.15, 0.2) is 0 Å². The number of rotatable bonds is 0. The Labute approximate surface area is 36.7 Å². The van der Waals surface area contributed by atoms with Crippen LogP contribution >= 0.6 is 0 Å². The number of hydrogen-bond donors (Lipinski definition) is 0. The Morgan fingerprint density at radius 2 is 0.750 bits per heavy atom. The summed E-state index contributed by atoms with van der Waals surface area (Å²) in [6.45, 7) is 0. The zero-order valence-corrected chi connectivity index (χ0v) is 3.49. The molecule has 0 atom stereocenters. The van der Waals surface area contributed by atoms with Crippen molar-refractivity contribution in [1.82, 2.24) is 0 Å². The van der Waals surface area contributed by atoms with Gasteiger partial charge >= 0.3 is 19.5 Å². The van der Waals surface area contributed by atoms with E-state index in [9.17, 15) is 0 Å². The molecule has 0 aliphatic carbocycles. The average Bonchev–Trinajstić information content (AvgIpc) is 0. The van der Waals surface area contributed by atoms with Crippen LogP contribution in [0.3, 0.4) is 0 Å². The first-order valence-electron chi connectivity index (χ1n) is 0. The molecule has 0 aromatic carbocycles. The topological polar surface area (TPSA) is 91.5 Å². The van der Waals surface area contributed by atoms with Gasteiger partial charge in [-0.15, -0.1) is 0 Å². The minimum atomic E-state index is 0. The normalized spacial score (nSPS) is 0. The fourth-order valence-corrected chi connectivity index (χ4v) is 0. The largest absolute Gasteiger partial charge is 2.00 e. The second-order valence-corrected chi connectivity index (χ2v) is 0. The molecule has 0 fully saturated rings. The summed E-state index contributed by atoms with van der Waals surface area (Å²) in [7, 11) is 0. The van der Waals surface area contributed by atoms with Gasteiger partial charge in [0.15, 0.2) is 0 Å². The summed E-state index contributed by atoms with van der Waals surface area (Å²) in [6.07, 6.45) is 0. The molecule has 4 heavy (non-hydrogen) atoms. The Kier molecular flexibility index (Phi) is 4730. The molecule has 0 aromatic heterocycles. The molecule has 4 N–H and O–H groups in total. The standard InChI is InChI=1S/3H2O.Ru/h3*1H2;/q;;;+2/p-2. The van der Waals surface area contributed by atoms with Gasteiger partial charge in [-0.2, -0.15) is 0 Å².